The largest absolute Gasteiger partial charge is 0.481 e. The average Bonchev–Trinajstić information content (AvgIpc) is 3.24. The Bertz CT molecular complexity index is 1490. The Balaban J connectivity index is 1.71. The molecule has 1 heterocycles. The molecule has 1 aliphatic rings. The maximum Gasteiger partial charge on any atom is 0.166 e. The molecule has 4 aromatic carbocycles. The third-order valence-electron chi connectivity index (χ3n) is 7.33. The van der Waals surface area contributed by atoms with E-state index in [1.807, 2.05) is 104 Å². The van der Waals surface area contributed by atoms with Crippen molar-refractivity contribution in [2.75, 3.05) is 0 Å². The van der Waals surface area contributed by atoms with Crippen molar-refractivity contribution in [1.82, 2.24) is 0 Å². The fourth-order valence-electron chi connectivity index (χ4n) is 5.57. The number of hydrogen-bond acceptors (Lipinski definition) is 2. The minimum absolute atomic E-state index is 0.0276. The number of carbonyl (C=O) groups excluding carboxylic acids is 1. The summed E-state index contributed by atoms with van der Waals surface area (Å²) in [6.45, 7) is 3.46. The van der Waals surface area contributed by atoms with E-state index in [2.05, 4.69) is 6.08 Å². The monoisotopic (exact) mass is 606 g/mol. The van der Waals surface area contributed by atoms with Crippen LogP contribution in [0.4, 0.5) is 0 Å². The molecule has 0 saturated heterocycles. The van der Waals surface area contributed by atoms with Crippen molar-refractivity contribution >= 4 is 57.8 Å². The molecule has 0 amide bonds. The number of halogens is 4. The molecule has 0 radical (unpaired) electrons. The highest BCUT2D eigenvalue weighted by atomic mass is 35.5. The summed E-state index contributed by atoms with van der Waals surface area (Å²) in [6, 6.07) is 30.7. The van der Waals surface area contributed by atoms with E-state index in [-0.39, 0.29) is 11.7 Å². The number of hydrogen-bond donors (Lipinski definition) is 0. The lowest BCUT2D eigenvalue weighted by molar-refractivity contribution is -0.114. The number of Topliss-reactive ketones (excluding diaryl/α,β-unsaturated/α-hetero) is 1. The maximum absolute atomic E-state index is 13.2. The van der Waals surface area contributed by atoms with Crippen molar-refractivity contribution in [2.45, 2.75) is 25.9 Å². The first kappa shape index (κ1) is 28.5. The lowest BCUT2D eigenvalue weighted by atomic mass is 9.71. The zero-order chi connectivity index (χ0) is 28.4. The van der Waals surface area contributed by atoms with Gasteiger partial charge in [0.25, 0.3) is 0 Å². The Hall–Kier alpha value is -3.01. The molecule has 1 unspecified atom stereocenters. The van der Waals surface area contributed by atoms with Crippen LogP contribution in [0.2, 0.25) is 20.1 Å². The summed E-state index contributed by atoms with van der Waals surface area (Å²) in [5.41, 5.74) is 4.48. The molecule has 2 nitrogen and oxygen atoms in total. The first-order valence-corrected chi connectivity index (χ1v) is 14.3. The van der Waals surface area contributed by atoms with Gasteiger partial charge in [0.05, 0.1) is 0 Å². The molecule has 0 saturated carbocycles. The predicted octanol–water partition coefficient (Wildman–Crippen LogP) is 10.6. The third kappa shape index (κ3) is 5.60. The molecule has 6 heteroatoms. The lowest BCUT2D eigenvalue weighted by Crippen LogP contribution is -2.36. The van der Waals surface area contributed by atoms with Crippen molar-refractivity contribution in [2.24, 2.45) is 5.92 Å². The molecule has 0 bridgehead atoms. The van der Waals surface area contributed by atoms with Gasteiger partial charge in [-0.05, 0) is 85.5 Å². The van der Waals surface area contributed by atoms with E-state index < -0.39 is 5.60 Å². The first-order valence-electron chi connectivity index (χ1n) is 12.8. The molecule has 1 atom stereocenters. The van der Waals surface area contributed by atoms with Crippen molar-refractivity contribution in [3.63, 3.8) is 0 Å². The molecule has 1 aliphatic heterocycles. The number of ketones is 1. The average molecular weight is 608 g/mol. The van der Waals surface area contributed by atoms with Gasteiger partial charge in [-0.2, -0.15) is 0 Å². The van der Waals surface area contributed by atoms with Crippen molar-refractivity contribution in [1.29, 1.82) is 0 Å². The van der Waals surface area contributed by atoms with Crippen LogP contribution < -0.4 is 0 Å². The predicted molar refractivity (Wildman–Crippen MR) is 166 cm³/mol. The van der Waals surface area contributed by atoms with Gasteiger partial charge in [-0.1, -0.05) is 101 Å². The van der Waals surface area contributed by atoms with Gasteiger partial charge >= 0.3 is 0 Å². The molecule has 5 rings (SSSR count). The number of carbonyl (C=O) groups is 1. The van der Waals surface area contributed by atoms with Gasteiger partial charge in [0, 0.05) is 42.7 Å². The molecular weight excluding hydrogens is 582 g/mol. The summed E-state index contributed by atoms with van der Waals surface area (Å²) in [6.07, 6.45) is 2.68. The summed E-state index contributed by atoms with van der Waals surface area (Å²) in [5.74, 6) is 0.248. The molecule has 202 valence electrons. The van der Waals surface area contributed by atoms with Crippen LogP contribution in [-0.4, -0.2) is 5.78 Å². The van der Waals surface area contributed by atoms with Crippen LogP contribution in [0.3, 0.4) is 0 Å². The van der Waals surface area contributed by atoms with Gasteiger partial charge in [0.1, 0.15) is 5.76 Å². The molecule has 0 aromatic heterocycles. The van der Waals surface area contributed by atoms with Gasteiger partial charge in [-0.3, -0.25) is 4.79 Å². The molecule has 40 heavy (non-hydrogen) atoms. The van der Waals surface area contributed by atoms with Crippen molar-refractivity contribution < 1.29 is 9.53 Å². The quantitative estimate of drug-likeness (QED) is 0.209. The van der Waals surface area contributed by atoms with Crippen molar-refractivity contribution in [3.05, 3.63) is 157 Å². The molecule has 0 N–H and O–H groups in total. The number of rotatable bonds is 7. The maximum atomic E-state index is 13.2. The van der Waals surface area contributed by atoms with E-state index in [1.165, 1.54) is 0 Å². The lowest BCUT2D eigenvalue weighted by Gasteiger charge is -2.37. The highest BCUT2D eigenvalue weighted by Gasteiger charge is 2.52. The van der Waals surface area contributed by atoms with Crippen LogP contribution in [0, 0.1) is 5.92 Å². The summed E-state index contributed by atoms with van der Waals surface area (Å²) in [5, 5.41) is 2.55. The molecule has 4 aromatic rings. The first-order chi connectivity index (χ1) is 19.2. The molecule has 0 fully saturated rings. The summed E-state index contributed by atoms with van der Waals surface area (Å²) >= 11 is 25.0. The van der Waals surface area contributed by atoms with E-state index in [0.29, 0.717) is 37.8 Å². The summed E-state index contributed by atoms with van der Waals surface area (Å²) in [7, 11) is 0. The van der Waals surface area contributed by atoms with E-state index in [9.17, 15) is 4.79 Å². The smallest absolute Gasteiger partial charge is 0.166 e. The highest BCUT2D eigenvalue weighted by molar-refractivity contribution is 6.31. The molecular formula is C34H26Cl4O2. The molecule has 0 spiro atoms. The number of benzene rings is 4. The van der Waals surface area contributed by atoms with Gasteiger partial charge in [0.15, 0.2) is 11.4 Å². The number of ether oxygens (including phenoxy) is 1. The van der Waals surface area contributed by atoms with Gasteiger partial charge in [-0.15, -0.1) is 0 Å². The fourth-order valence-corrected chi connectivity index (χ4v) is 6.08. The van der Waals surface area contributed by atoms with Crippen LogP contribution in [0.15, 0.2) is 114 Å². The van der Waals surface area contributed by atoms with Crippen LogP contribution >= 0.6 is 46.4 Å². The van der Waals surface area contributed by atoms with Crippen LogP contribution in [0.1, 0.15) is 42.5 Å². The topological polar surface area (TPSA) is 26.3 Å². The van der Waals surface area contributed by atoms with Crippen LogP contribution in [0.25, 0.3) is 5.57 Å². The second-order valence-electron chi connectivity index (χ2n) is 9.80. The van der Waals surface area contributed by atoms with E-state index >= 15 is 0 Å². The van der Waals surface area contributed by atoms with Gasteiger partial charge < -0.3 is 4.74 Å². The van der Waals surface area contributed by atoms with Crippen LogP contribution in [0.5, 0.6) is 0 Å². The van der Waals surface area contributed by atoms with Gasteiger partial charge in [-0.25, -0.2) is 0 Å². The minimum atomic E-state index is -0.970. The zero-order valence-corrected chi connectivity index (χ0v) is 25.0. The Kier molecular flexibility index (Phi) is 8.44. The third-order valence-corrected chi connectivity index (χ3v) is 8.33. The second kappa shape index (κ2) is 11.8. The van der Waals surface area contributed by atoms with Gasteiger partial charge in [0.2, 0.25) is 0 Å². The standard InChI is InChI=1S/C34H26Cl4O2/c1-21(39)33-22(2)40-34(25-7-15-29(37)16-8-25,26-9-17-30(38)18-10-26)32(33)20-19-31(23-3-11-27(35)12-4-23)24-5-13-28(36)14-6-24/h3-19,32H,20H2,1-2H3. The van der Waals surface area contributed by atoms with E-state index in [0.717, 1.165) is 27.8 Å². The normalized spacial score (nSPS) is 16.0. The van der Waals surface area contributed by atoms with E-state index in [1.54, 1.807) is 6.92 Å². The number of allylic oxidation sites excluding steroid dienone is 2. The van der Waals surface area contributed by atoms with Crippen LogP contribution in [-0.2, 0) is 15.1 Å². The van der Waals surface area contributed by atoms with E-state index in [4.69, 9.17) is 51.1 Å². The summed E-state index contributed by atoms with van der Waals surface area (Å²) in [4.78, 5) is 13.2. The Labute approximate surface area is 254 Å². The minimum Gasteiger partial charge on any atom is -0.481 e. The second-order valence-corrected chi connectivity index (χ2v) is 11.5. The zero-order valence-electron chi connectivity index (χ0n) is 21.9. The molecule has 0 aliphatic carbocycles. The fraction of sp³-hybridized carbons (Fsp3) is 0.147. The Morgan fingerprint density at radius 3 is 1.45 bits per heavy atom. The highest BCUT2D eigenvalue weighted by Crippen LogP contribution is 2.53. The van der Waals surface area contributed by atoms with Crippen molar-refractivity contribution in [3.8, 4) is 0 Å². The Morgan fingerprint density at radius 1 is 0.700 bits per heavy atom. The summed E-state index contributed by atoms with van der Waals surface area (Å²) < 4.78 is 6.77. The SMILES string of the molecule is CC(=O)C1=C(C)OC(c2ccc(Cl)cc2)(c2ccc(Cl)cc2)C1CC=C(c1ccc(Cl)cc1)c1ccc(Cl)cc1. The Morgan fingerprint density at radius 2 is 1.07 bits per heavy atom.